The average molecular weight is 482 g/mol. The summed E-state index contributed by atoms with van der Waals surface area (Å²) in [5.41, 5.74) is -1.15. The van der Waals surface area contributed by atoms with E-state index in [0.717, 1.165) is 12.8 Å². The minimum Gasteiger partial charge on any atom is -0.396 e. The molecule has 0 aliphatic rings. The molecule has 0 fully saturated rings. The summed E-state index contributed by atoms with van der Waals surface area (Å²) < 4.78 is 22.2. The molecule has 0 aliphatic heterocycles. The van der Waals surface area contributed by atoms with E-state index in [9.17, 15) is 29.6 Å². The molecule has 30 heavy (non-hydrogen) atoms. The molecule has 1 atom stereocenters. The van der Waals surface area contributed by atoms with Gasteiger partial charge in [0.25, 0.3) is 0 Å². The molecule has 0 heterocycles. The van der Waals surface area contributed by atoms with E-state index < -0.39 is 27.2 Å². The summed E-state index contributed by atoms with van der Waals surface area (Å²) in [5.74, 6) is 0. The van der Waals surface area contributed by atoms with Crippen LogP contribution in [0.15, 0.2) is 0 Å². The normalized spacial score (nSPS) is 13.6. The predicted octanol–water partition coefficient (Wildman–Crippen LogP) is 1.81. The van der Waals surface area contributed by atoms with Gasteiger partial charge in [0.05, 0.1) is 31.3 Å². The van der Waals surface area contributed by atoms with Crippen molar-refractivity contribution in [3.63, 3.8) is 0 Å². The first-order chi connectivity index (χ1) is 13.9. The first kappa shape index (κ1) is 32.3. The number of phosphoric acid groups is 2. The Balaban J connectivity index is 0. The Morgan fingerprint density at radius 2 is 1.03 bits per heavy atom. The summed E-state index contributed by atoms with van der Waals surface area (Å²) in [6, 6.07) is 0. The summed E-state index contributed by atoms with van der Waals surface area (Å²) in [6.45, 7) is 1.06. The highest BCUT2D eigenvalue weighted by Gasteiger charge is 2.36. The second-order valence-corrected chi connectivity index (χ2v) is 10.0. The van der Waals surface area contributed by atoms with Crippen molar-refractivity contribution in [3.8, 4) is 0 Å². The van der Waals surface area contributed by atoms with E-state index in [1.54, 1.807) is 0 Å². The monoisotopic (exact) mass is 482 g/mol. The van der Waals surface area contributed by atoms with Crippen LogP contribution in [0.4, 0.5) is 0 Å². The Bertz CT molecular complexity index is 460. The third kappa shape index (κ3) is 18.8. The average Bonchev–Trinajstić information content (AvgIpc) is 2.62. The summed E-state index contributed by atoms with van der Waals surface area (Å²) in [4.78, 5) is 31.0. The van der Waals surface area contributed by atoms with Crippen LogP contribution in [0.25, 0.3) is 0 Å². The molecule has 8 N–H and O–H groups in total. The Morgan fingerprint density at radius 1 is 0.700 bits per heavy atom. The maximum atomic E-state index is 10.0. The quantitative estimate of drug-likeness (QED) is 0.111. The van der Waals surface area contributed by atoms with E-state index in [1.807, 2.05) is 0 Å². The zero-order valence-corrected chi connectivity index (χ0v) is 19.5. The minimum atomic E-state index is -5.05. The summed E-state index contributed by atoms with van der Waals surface area (Å²) in [7, 11) is -10.1. The molecule has 184 valence electrons. The number of rotatable bonds is 17. The largest absolute Gasteiger partial charge is 0.478 e. The molecule has 0 aromatic carbocycles. The second kappa shape index (κ2) is 17.6. The fourth-order valence-corrected chi connectivity index (χ4v) is 3.84. The Hall–Kier alpha value is 0.100. The summed E-state index contributed by atoms with van der Waals surface area (Å²) >= 11 is 0. The predicted molar refractivity (Wildman–Crippen MR) is 111 cm³/mol. The number of aliphatic hydroxyl groups excluding tert-OH is 4. The van der Waals surface area contributed by atoms with Crippen molar-refractivity contribution in [3.05, 3.63) is 0 Å². The minimum absolute atomic E-state index is 0.390. The van der Waals surface area contributed by atoms with E-state index in [-0.39, 0.29) is 19.8 Å². The molecule has 0 aromatic heterocycles. The van der Waals surface area contributed by atoms with Gasteiger partial charge in [0, 0.05) is 0 Å². The zero-order chi connectivity index (χ0) is 23.7. The molecule has 0 saturated carbocycles. The van der Waals surface area contributed by atoms with Crippen LogP contribution in [0.2, 0.25) is 0 Å². The molecule has 13 heteroatoms. The molecule has 0 aromatic rings. The molecule has 11 nitrogen and oxygen atoms in total. The van der Waals surface area contributed by atoms with E-state index in [0.29, 0.717) is 6.42 Å². The first-order valence-corrected chi connectivity index (χ1v) is 13.3. The van der Waals surface area contributed by atoms with Crippen molar-refractivity contribution < 1.29 is 53.4 Å². The molecule has 1 unspecified atom stereocenters. The zero-order valence-electron chi connectivity index (χ0n) is 17.7. The Morgan fingerprint density at radius 3 is 1.30 bits per heavy atom. The second-order valence-electron chi connectivity index (χ2n) is 7.39. The van der Waals surface area contributed by atoms with Crippen LogP contribution in [-0.4, -0.2) is 65.9 Å². The van der Waals surface area contributed by atoms with Gasteiger partial charge in [-0.2, -0.15) is 4.31 Å². The van der Waals surface area contributed by atoms with Gasteiger partial charge in [-0.25, -0.2) is 9.13 Å². The number of unbranched alkanes of at least 4 members (excludes halogenated alkanes) is 9. The van der Waals surface area contributed by atoms with Gasteiger partial charge in [0.15, 0.2) is 0 Å². The Labute approximate surface area is 178 Å². The topological polar surface area (TPSA) is 205 Å². The molecular formula is C17H40O11P2. The molecule has 0 aliphatic carbocycles. The maximum Gasteiger partial charge on any atom is 0.478 e. The lowest BCUT2D eigenvalue weighted by molar-refractivity contribution is -0.0863. The van der Waals surface area contributed by atoms with Gasteiger partial charge in [-0.3, -0.25) is 0 Å². The van der Waals surface area contributed by atoms with Crippen LogP contribution in [-0.2, 0) is 13.4 Å². The van der Waals surface area contributed by atoms with Crippen molar-refractivity contribution in [1.82, 2.24) is 0 Å². The molecule has 0 spiro atoms. The Kier molecular flexibility index (Phi) is 19.0. The van der Waals surface area contributed by atoms with Gasteiger partial charge < -0.3 is 40.0 Å². The summed E-state index contributed by atoms with van der Waals surface area (Å²) in [6.07, 6.45) is 12.0. The lowest BCUT2D eigenvalue weighted by Gasteiger charge is -2.32. The van der Waals surface area contributed by atoms with Crippen LogP contribution >= 0.6 is 15.6 Å². The van der Waals surface area contributed by atoms with Crippen LogP contribution in [0.5, 0.6) is 0 Å². The molecule has 0 radical (unpaired) electrons. The van der Waals surface area contributed by atoms with Gasteiger partial charge in [-0.05, 0) is 6.42 Å². The van der Waals surface area contributed by atoms with Gasteiger partial charge in [0.1, 0.15) is 0 Å². The van der Waals surface area contributed by atoms with Crippen molar-refractivity contribution in [1.29, 1.82) is 0 Å². The molecule has 0 amide bonds. The highest BCUT2D eigenvalue weighted by atomic mass is 31.3. The lowest BCUT2D eigenvalue weighted by Crippen LogP contribution is -2.45. The van der Waals surface area contributed by atoms with Crippen LogP contribution < -0.4 is 0 Å². The van der Waals surface area contributed by atoms with Crippen LogP contribution in [0.3, 0.4) is 0 Å². The fraction of sp³-hybridized carbons (Fsp3) is 1.00. The van der Waals surface area contributed by atoms with Gasteiger partial charge in [-0.15, -0.1) is 0 Å². The van der Waals surface area contributed by atoms with E-state index in [4.69, 9.17) is 19.6 Å². The third-order valence-corrected chi connectivity index (χ3v) is 6.40. The van der Waals surface area contributed by atoms with Crippen LogP contribution in [0.1, 0.15) is 77.6 Å². The standard InChI is InChI=1S/C17H36O4.H4O7P2/c1-2-3-4-5-6-7-8-9-10-11-12-16(21)17(13-18,14-19)15-20;1-8(2,3)7-9(4,5)6/h16,18-21H,2-15H2,1H3;(H2,1,2,3)(H2,4,5,6). The molecule has 0 rings (SSSR count). The number of hydrogen-bond donors (Lipinski definition) is 8. The smallest absolute Gasteiger partial charge is 0.396 e. The van der Waals surface area contributed by atoms with Gasteiger partial charge in [-0.1, -0.05) is 71.1 Å². The highest BCUT2D eigenvalue weighted by Crippen LogP contribution is 2.53. The summed E-state index contributed by atoms with van der Waals surface area (Å²) in [5, 5.41) is 37.7. The van der Waals surface area contributed by atoms with Crippen LogP contribution in [0, 0.1) is 5.41 Å². The van der Waals surface area contributed by atoms with Gasteiger partial charge in [0.2, 0.25) is 0 Å². The first-order valence-electron chi connectivity index (χ1n) is 10.2. The lowest BCUT2D eigenvalue weighted by atomic mass is 9.82. The van der Waals surface area contributed by atoms with E-state index in [1.165, 1.54) is 51.4 Å². The SMILES string of the molecule is CCCCCCCCCCCCC(O)C(CO)(CO)CO.O=P(O)(O)OP(=O)(O)O. The van der Waals surface area contributed by atoms with E-state index in [2.05, 4.69) is 11.2 Å². The van der Waals surface area contributed by atoms with E-state index >= 15 is 0 Å². The highest BCUT2D eigenvalue weighted by molar-refractivity contribution is 7.60. The maximum absolute atomic E-state index is 10.0. The number of hydrogen-bond acceptors (Lipinski definition) is 7. The van der Waals surface area contributed by atoms with Crippen molar-refractivity contribution in [2.24, 2.45) is 5.41 Å². The molecule has 0 bridgehead atoms. The van der Waals surface area contributed by atoms with Crippen molar-refractivity contribution in [2.45, 2.75) is 83.7 Å². The van der Waals surface area contributed by atoms with Gasteiger partial charge >= 0.3 is 15.6 Å². The third-order valence-electron chi connectivity index (χ3n) is 4.70. The molecule has 0 saturated heterocycles. The molecular weight excluding hydrogens is 442 g/mol. The van der Waals surface area contributed by atoms with Crippen molar-refractivity contribution in [2.75, 3.05) is 19.8 Å². The number of aliphatic hydroxyl groups is 4. The van der Waals surface area contributed by atoms with Crippen molar-refractivity contribution >= 4 is 15.6 Å². The fourth-order valence-electron chi connectivity index (χ4n) is 2.74.